The van der Waals surface area contributed by atoms with Gasteiger partial charge >= 0.3 is 6.18 Å². The van der Waals surface area contributed by atoms with E-state index in [1.54, 1.807) is 17.5 Å². The van der Waals surface area contributed by atoms with Crippen molar-refractivity contribution in [3.8, 4) is 0 Å². The van der Waals surface area contributed by atoms with Crippen molar-refractivity contribution in [1.29, 1.82) is 0 Å². The first-order chi connectivity index (χ1) is 11.3. The minimum absolute atomic E-state index is 0.0795. The molecule has 0 saturated heterocycles. The van der Waals surface area contributed by atoms with Crippen LogP contribution in [0.25, 0.3) is 0 Å². The molecule has 0 aliphatic heterocycles. The quantitative estimate of drug-likeness (QED) is 0.864. The number of halogens is 3. The predicted octanol–water partition coefficient (Wildman–Crippen LogP) is 3.20. The first-order valence-corrected chi connectivity index (χ1v) is 7.93. The lowest BCUT2D eigenvalue weighted by atomic mass is 10.1. The summed E-state index contributed by atoms with van der Waals surface area (Å²) in [6.07, 6.45) is -4.39. The van der Waals surface area contributed by atoms with Gasteiger partial charge in [-0.1, -0.05) is 18.2 Å². The Morgan fingerprint density at radius 2 is 1.83 bits per heavy atom. The number of hydrogen-bond donors (Lipinski definition) is 2. The van der Waals surface area contributed by atoms with Crippen LogP contribution in [0.1, 0.15) is 27.7 Å². The van der Waals surface area contributed by atoms with Crippen LogP contribution in [0, 0.1) is 0 Å². The molecule has 8 heteroatoms. The molecular weight excluding hydrogens is 341 g/mol. The highest BCUT2D eigenvalue weighted by atomic mass is 32.1. The summed E-state index contributed by atoms with van der Waals surface area (Å²) in [6.45, 7) is 1.61. The zero-order valence-corrected chi connectivity index (χ0v) is 13.5. The number of alkyl halides is 3. The van der Waals surface area contributed by atoms with Crippen LogP contribution in [0.3, 0.4) is 0 Å². The molecule has 0 fully saturated rings. The Labute approximate surface area is 140 Å². The zero-order chi connectivity index (χ0) is 17.7. The fourth-order valence-corrected chi connectivity index (χ4v) is 2.52. The first-order valence-electron chi connectivity index (χ1n) is 7.05. The van der Waals surface area contributed by atoms with E-state index in [2.05, 4.69) is 10.6 Å². The van der Waals surface area contributed by atoms with Crippen molar-refractivity contribution in [2.24, 2.45) is 0 Å². The summed E-state index contributed by atoms with van der Waals surface area (Å²) in [6, 6.07) is 7.15. The van der Waals surface area contributed by atoms with Gasteiger partial charge in [0.25, 0.3) is 5.91 Å². The van der Waals surface area contributed by atoms with Crippen LogP contribution in [0.2, 0.25) is 0 Å². The molecule has 0 bridgehead atoms. The summed E-state index contributed by atoms with van der Waals surface area (Å²) >= 11 is 1.26. The maximum absolute atomic E-state index is 12.5. The number of carbonyl (C=O) groups is 2. The van der Waals surface area contributed by atoms with Crippen LogP contribution < -0.4 is 10.6 Å². The summed E-state index contributed by atoms with van der Waals surface area (Å²) < 4.78 is 37.4. The van der Waals surface area contributed by atoms with Gasteiger partial charge < -0.3 is 10.6 Å². The molecule has 128 valence electrons. The minimum Gasteiger partial charge on any atom is -0.350 e. The molecule has 2 amide bonds. The Morgan fingerprint density at radius 3 is 2.38 bits per heavy atom. The molecule has 2 rings (SSSR count). The number of carbonyl (C=O) groups excluding carboxylic acids is 2. The number of rotatable bonds is 5. The molecule has 1 heterocycles. The Morgan fingerprint density at radius 1 is 1.17 bits per heavy atom. The maximum atomic E-state index is 12.5. The normalized spacial score (nSPS) is 12.5. The van der Waals surface area contributed by atoms with Crippen molar-refractivity contribution in [2.75, 3.05) is 0 Å². The lowest BCUT2D eigenvalue weighted by Gasteiger charge is -2.14. The van der Waals surface area contributed by atoms with Gasteiger partial charge in [0, 0.05) is 6.54 Å². The molecule has 1 atom stereocenters. The number of nitrogens with one attached hydrogen (secondary N) is 2. The predicted molar refractivity (Wildman–Crippen MR) is 84.5 cm³/mol. The molecule has 4 nitrogen and oxygen atoms in total. The SMILES string of the molecule is CC(NC(=O)c1cccs1)C(=O)NCc1ccc(C(F)(F)F)cc1. The second kappa shape index (κ2) is 7.48. The van der Waals surface area contributed by atoms with Gasteiger partial charge in [-0.15, -0.1) is 11.3 Å². The molecule has 0 aliphatic carbocycles. The molecule has 2 N–H and O–H groups in total. The molecule has 1 aromatic heterocycles. The van der Waals surface area contributed by atoms with E-state index in [0.29, 0.717) is 10.4 Å². The maximum Gasteiger partial charge on any atom is 0.416 e. The van der Waals surface area contributed by atoms with Gasteiger partial charge in [0.05, 0.1) is 10.4 Å². The molecule has 0 saturated carbocycles. The van der Waals surface area contributed by atoms with Gasteiger partial charge in [-0.2, -0.15) is 13.2 Å². The van der Waals surface area contributed by atoms with Gasteiger partial charge in [-0.3, -0.25) is 9.59 Å². The van der Waals surface area contributed by atoms with Gasteiger partial charge in [0.15, 0.2) is 0 Å². The van der Waals surface area contributed by atoms with Gasteiger partial charge in [-0.25, -0.2) is 0 Å². The van der Waals surface area contributed by atoms with Crippen LogP contribution in [0.5, 0.6) is 0 Å². The van der Waals surface area contributed by atoms with Gasteiger partial charge in [-0.05, 0) is 36.1 Å². The van der Waals surface area contributed by atoms with Crippen LogP contribution in [-0.2, 0) is 17.5 Å². The largest absolute Gasteiger partial charge is 0.416 e. The zero-order valence-electron chi connectivity index (χ0n) is 12.7. The molecule has 0 radical (unpaired) electrons. The molecule has 0 aliphatic rings. The third-order valence-corrected chi connectivity index (χ3v) is 4.10. The van der Waals surface area contributed by atoms with Crippen molar-refractivity contribution in [3.63, 3.8) is 0 Å². The Balaban J connectivity index is 1.85. The first kappa shape index (κ1) is 18.0. The van der Waals surface area contributed by atoms with Crippen LogP contribution in [0.4, 0.5) is 13.2 Å². The Hall–Kier alpha value is -2.35. The van der Waals surface area contributed by atoms with Crippen molar-refractivity contribution in [2.45, 2.75) is 25.7 Å². The fourth-order valence-electron chi connectivity index (χ4n) is 1.89. The summed E-state index contributed by atoms with van der Waals surface area (Å²) in [5.41, 5.74) is -0.206. The number of benzene rings is 1. The number of amides is 2. The monoisotopic (exact) mass is 356 g/mol. The highest BCUT2D eigenvalue weighted by molar-refractivity contribution is 7.12. The lowest BCUT2D eigenvalue weighted by Crippen LogP contribution is -2.44. The van der Waals surface area contributed by atoms with Crippen molar-refractivity contribution < 1.29 is 22.8 Å². The molecule has 1 unspecified atom stereocenters. The van der Waals surface area contributed by atoms with Crippen molar-refractivity contribution in [1.82, 2.24) is 10.6 Å². The molecule has 2 aromatic rings. The fraction of sp³-hybridized carbons (Fsp3) is 0.250. The van der Waals surface area contributed by atoms with E-state index >= 15 is 0 Å². The van der Waals surface area contributed by atoms with Gasteiger partial charge in [0.1, 0.15) is 6.04 Å². The van der Waals surface area contributed by atoms with E-state index in [4.69, 9.17) is 0 Å². The highest BCUT2D eigenvalue weighted by Gasteiger charge is 2.29. The van der Waals surface area contributed by atoms with E-state index < -0.39 is 23.7 Å². The third kappa shape index (κ3) is 4.82. The summed E-state index contributed by atoms with van der Waals surface area (Å²) in [5.74, 6) is -0.762. The topological polar surface area (TPSA) is 58.2 Å². The summed E-state index contributed by atoms with van der Waals surface area (Å²) in [5, 5.41) is 6.89. The average Bonchev–Trinajstić information content (AvgIpc) is 3.06. The van der Waals surface area contributed by atoms with Gasteiger partial charge in [0.2, 0.25) is 5.91 Å². The second-order valence-corrected chi connectivity index (χ2v) is 6.03. The molecule has 0 spiro atoms. The lowest BCUT2D eigenvalue weighted by molar-refractivity contribution is -0.137. The molecule has 1 aromatic carbocycles. The van der Waals surface area contributed by atoms with E-state index in [9.17, 15) is 22.8 Å². The highest BCUT2D eigenvalue weighted by Crippen LogP contribution is 2.29. The third-order valence-electron chi connectivity index (χ3n) is 3.23. The standard InChI is InChI=1S/C16H15F3N2O2S/c1-10(21-15(23)13-3-2-8-24-13)14(22)20-9-11-4-6-12(7-5-11)16(17,18)19/h2-8,10H,9H2,1H3,(H,20,22)(H,21,23). The minimum atomic E-state index is -4.39. The number of hydrogen-bond acceptors (Lipinski definition) is 3. The average molecular weight is 356 g/mol. The summed E-state index contributed by atoms with van der Waals surface area (Å²) in [7, 11) is 0. The smallest absolute Gasteiger partial charge is 0.350 e. The molecular formula is C16H15F3N2O2S. The van der Waals surface area contributed by atoms with Crippen molar-refractivity contribution in [3.05, 3.63) is 57.8 Å². The Kier molecular flexibility index (Phi) is 5.61. The number of thiophene rings is 1. The van der Waals surface area contributed by atoms with Crippen molar-refractivity contribution >= 4 is 23.2 Å². The van der Waals surface area contributed by atoms with Crippen LogP contribution >= 0.6 is 11.3 Å². The van der Waals surface area contributed by atoms with E-state index in [1.165, 1.54) is 30.4 Å². The summed E-state index contributed by atoms with van der Waals surface area (Å²) in [4.78, 5) is 24.3. The molecule has 24 heavy (non-hydrogen) atoms. The van der Waals surface area contributed by atoms with E-state index in [1.807, 2.05) is 0 Å². The van der Waals surface area contributed by atoms with Crippen LogP contribution in [-0.4, -0.2) is 17.9 Å². The second-order valence-electron chi connectivity index (χ2n) is 5.08. The van der Waals surface area contributed by atoms with Crippen LogP contribution in [0.15, 0.2) is 41.8 Å². The van der Waals surface area contributed by atoms with E-state index in [-0.39, 0.29) is 12.5 Å². The Bertz CT molecular complexity index is 697. The van der Waals surface area contributed by atoms with E-state index in [0.717, 1.165) is 12.1 Å².